The normalized spacial score (nSPS) is 21.0. The predicted molar refractivity (Wildman–Crippen MR) is 110 cm³/mol. The molecule has 6 nitrogen and oxygen atoms in total. The Morgan fingerprint density at radius 2 is 1.93 bits per heavy atom. The quantitative estimate of drug-likeness (QED) is 0.801. The summed E-state index contributed by atoms with van der Waals surface area (Å²) < 4.78 is 5.88. The molecule has 0 aliphatic carbocycles. The van der Waals surface area contributed by atoms with E-state index < -0.39 is 0 Å². The number of hydrogen-bond acceptors (Lipinski definition) is 4. The van der Waals surface area contributed by atoms with Crippen molar-refractivity contribution in [2.45, 2.75) is 38.3 Å². The van der Waals surface area contributed by atoms with Crippen LogP contribution in [-0.4, -0.2) is 54.6 Å². The summed E-state index contributed by atoms with van der Waals surface area (Å²) in [6.07, 6.45) is 3.39. The first-order valence-electron chi connectivity index (χ1n) is 10.3. The van der Waals surface area contributed by atoms with Gasteiger partial charge in [0.2, 0.25) is 0 Å². The number of benzene rings is 1. The molecule has 4 rings (SSSR count). The molecule has 3 heterocycles. The van der Waals surface area contributed by atoms with Crippen LogP contribution in [0, 0.1) is 6.92 Å². The van der Waals surface area contributed by atoms with Gasteiger partial charge in [-0.1, -0.05) is 18.2 Å². The van der Waals surface area contributed by atoms with Crippen molar-refractivity contribution in [3.05, 3.63) is 54.0 Å². The van der Waals surface area contributed by atoms with Crippen LogP contribution < -0.4 is 10.6 Å². The molecule has 0 radical (unpaired) electrons. The van der Waals surface area contributed by atoms with E-state index in [0.717, 1.165) is 49.8 Å². The van der Waals surface area contributed by atoms with Gasteiger partial charge in [-0.2, -0.15) is 0 Å². The molecular weight excluding hydrogens is 352 g/mol. The van der Waals surface area contributed by atoms with Gasteiger partial charge in [0.05, 0.1) is 6.04 Å². The van der Waals surface area contributed by atoms with Crippen molar-refractivity contribution in [1.29, 1.82) is 0 Å². The molecule has 0 saturated carbocycles. The lowest BCUT2D eigenvalue weighted by atomic mass is 10.2. The predicted octanol–water partition coefficient (Wildman–Crippen LogP) is 3.62. The first kappa shape index (κ1) is 18.9. The molecule has 2 fully saturated rings. The second-order valence-corrected chi connectivity index (χ2v) is 7.84. The maximum Gasteiger partial charge on any atom is 0.317 e. The number of rotatable bonds is 6. The summed E-state index contributed by atoms with van der Waals surface area (Å²) in [4.78, 5) is 17.1. The largest absolute Gasteiger partial charge is 0.465 e. The van der Waals surface area contributed by atoms with Crippen molar-refractivity contribution >= 4 is 11.7 Å². The van der Waals surface area contributed by atoms with E-state index in [1.54, 1.807) is 0 Å². The van der Waals surface area contributed by atoms with Gasteiger partial charge in [-0.3, -0.25) is 4.90 Å². The summed E-state index contributed by atoms with van der Waals surface area (Å²) in [6, 6.07) is 14.7. The average Bonchev–Trinajstić information content (AvgIpc) is 3.45. The Morgan fingerprint density at radius 1 is 1.14 bits per heavy atom. The van der Waals surface area contributed by atoms with E-state index in [1.165, 1.54) is 12.8 Å². The molecule has 2 aliphatic heterocycles. The number of hydrogen-bond donors (Lipinski definition) is 2. The monoisotopic (exact) mass is 382 g/mol. The lowest BCUT2D eigenvalue weighted by molar-refractivity contribution is 0.187. The minimum Gasteiger partial charge on any atom is -0.465 e. The van der Waals surface area contributed by atoms with E-state index in [4.69, 9.17) is 4.42 Å². The van der Waals surface area contributed by atoms with Crippen LogP contribution in [0.15, 0.2) is 46.9 Å². The van der Waals surface area contributed by atoms with Crippen molar-refractivity contribution < 1.29 is 9.21 Å². The van der Waals surface area contributed by atoms with Crippen LogP contribution in [0.1, 0.15) is 36.8 Å². The van der Waals surface area contributed by atoms with Gasteiger partial charge in [0, 0.05) is 31.4 Å². The minimum absolute atomic E-state index is 0.0184. The number of para-hydroxylation sites is 1. The molecule has 28 heavy (non-hydrogen) atoms. The third-order valence-electron chi connectivity index (χ3n) is 5.74. The molecule has 2 saturated heterocycles. The molecule has 1 aromatic heterocycles. The molecule has 2 aliphatic rings. The van der Waals surface area contributed by atoms with E-state index in [2.05, 4.69) is 27.7 Å². The third kappa shape index (κ3) is 4.50. The van der Waals surface area contributed by atoms with Crippen molar-refractivity contribution in [2.75, 3.05) is 38.0 Å². The molecule has 0 bridgehead atoms. The van der Waals surface area contributed by atoms with Gasteiger partial charge in [-0.05, 0) is 63.5 Å². The van der Waals surface area contributed by atoms with Crippen LogP contribution >= 0.6 is 0 Å². The molecule has 2 aromatic rings. The topological polar surface area (TPSA) is 60.8 Å². The van der Waals surface area contributed by atoms with Crippen molar-refractivity contribution in [2.24, 2.45) is 0 Å². The molecule has 6 heteroatoms. The van der Waals surface area contributed by atoms with Crippen molar-refractivity contribution in [1.82, 2.24) is 15.1 Å². The lowest BCUT2D eigenvalue weighted by Crippen LogP contribution is -2.43. The summed E-state index contributed by atoms with van der Waals surface area (Å²) in [5.41, 5.74) is 1.11. The second kappa shape index (κ2) is 8.69. The van der Waals surface area contributed by atoms with Crippen LogP contribution in [-0.2, 0) is 0 Å². The van der Waals surface area contributed by atoms with E-state index in [9.17, 15) is 4.79 Å². The number of likely N-dealkylation sites (tertiary alicyclic amines) is 2. The highest BCUT2D eigenvalue weighted by Gasteiger charge is 2.29. The number of urea groups is 1. The van der Waals surface area contributed by atoms with Gasteiger partial charge in [-0.15, -0.1) is 0 Å². The van der Waals surface area contributed by atoms with E-state index >= 15 is 0 Å². The smallest absolute Gasteiger partial charge is 0.317 e. The Balaban J connectivity index is 1.31. The van der Waals surface area contributed by atoms with Gasteiger partial charge >= 0.3 is 6.03 Å². The zero-order valence-corrected chi connectivity index (χ0v) is 16.6. The number of nitrogens with one attached hydrogen (secondary N) is 2. The van der Waals surface area contributed by atoms with Gasteiger partial charge in [0.15, 0.2) is 0 Å². The van der Waals surface area contributed by atoms with Crippen molar-refractivity contribution in [3.63, 3.8) is 0 Å². The maximum absolute atomic E-state index is 12.7. The second-order valence-electron chi connectivity index (χ2n) is 7.84. The Morgan fingerprint density at radius 3 is 2.64 bits per heavy atom. The third-order valence-corrected chi connectivity index (χ3v) is 5.74. The Bertz CT molecular complexity index is 770. The van der Waals surface area contributed by atoms with Crippen LogP contribution in [0.4, 0.5) is 10.5 Å². The van der Waals surface area contributed by atoms with Crippen molar-refractivity contribution in [3.8, 4) is 0 Å². The number of nitrogens with zero attached hydrogens (tertiary/aromatic N) is 2. The van der Waals surface area contributed by atoms with Crippen LogP contribution in [0.3, 0.4) is 0 Å². The average molecular weight is 383 g/mol. The summed E-state index contributed by atoms with van der Waals surface area (Å²) in [5, 5.41) is 6.67. The zero-order chi connectivity index (χ0) is 19.3. The number of furan rings is 1. The Hall–Kier alpha value is -2.47. The SMILES string of the molecule is Cc1ccc([C@H](CNC(=O)N2CC[C@@H](Nc3ccccc3)C2)N2CCCC2)o1. The van der Waals surface area contributed by atoms with Crippen LogP contribution in [0.5, 0.6) is 0 Å². The van der Waals surface area contributed by atoms with E-state index in [1.807, 2.05) is 42.2 Å². The fourth-order valence-electron chi connectivity index (χ4n) is 4.22. The summed E-state index contributed by atoms with van der Waals surface area (Å²) in [5.74, 6) is 1.87. The molecule has 2 N–H and O–H groups in total. The van der Waals surface area contributed by atoms with E-state index in [0.29, 0.717) is 12.6 Å². The Kier molecular flexibility index (Phi) is 5.86. The standard InChI is InChI=1S/C22H30N4O2/c1-17-9-10-21(28-17)20(25-12-5-6-13-25)15-23-22(27)26-14-11-19(16-26)24-18-7-3-2-4-8-18/h2-4,7-10,19-20,24H,5-6,11-16H2,1H3,(H,23,27)/t19-,20+/m1/s1. The molecule has 2 atom stereocenters. The summed E-state index contributed by atoms with van der Waals surface area (Å²) >= 11 is 0. The molecule has 0 unspecified atom stereocenters. The zero-order valence-electron chi connectivity index (χ0n) is 16.6. The fraction of sp³-hybridized carbons (Fsp3) is 0.500. The van der Waals surface area contributed by atoms with E-state index in [-0.39, 0.29) is 12.1 Å². The lowest BCUT2D eigenvalue weighted by Gasteiger charge is -2.27. The number of amides is 2. The van der Waals surface area contributed by atoms with Gasteiger partial charge in [0.1, 0.15) is 11.5 Å². The number of carbonyl (C=O) groups excluding carboxylic acids is 1. The maximum atomic E-state index is 12.7. The summed E-state index contributed by atoms with van der Waals surface area (Å²) in [6.45, 7) is 6.19. The van der Waals surface area contributed by atoms with Gasteiger partial charge in [0.25, 0.3) is 0 Å². The van der Waals surface area contributed by atoms with Gasteiger partial charge < -0.3 is 20.0 Å². The molecule has 0 spiro atoms. The molecule has 1 aromatic carbocycles. The van der Waals surface area contributed by atoms with Gasteiger partial charge in [-0.25, -0.2) is 4.79 Å². The molecule has 150 valence electrons. The highest BCUT2D eigenvalue weighted by atomic mass is 16.3. The van der Waals surface area contributed by atoms with Crippen LogP contribution in [0.2, 0.25) is 0 Å². The highest BCUT2D eigenvalue weighted by Crippen LogP contribution is 2.26. The first-order valence-corrected chi connectivity index (χ1v) is 10.3. The molecular formula is C22H30N4O2. The molecule has 2 amide bonds. The first-order chi connectivity index (χ1) is 13.7. The summed E-state index contributed by atoms with van der Waals surface area (Å²) in [7, 11) is 0. The number of aryl methyl sites for hydroxylation is 1. The van der Waals surface area contributed by atoms with Crippen LogP contribution in [0.25, 0.3) is 0 Å². The number of anilines is 1. The Labute approximate surface area is 166 Å². The fourth-order valence-corrected chi connectivity index (χ4v) is 4.22. The highest BCUT2D eigenvalue weighted by molar-refractivity contribution is 5.74. The number of carbonyl (C=O) groups is 1. The minimum atomic E-state index is 0.0184.